The number of rotatable bonds is 6. The van der Waals surface area contributed by atoms with Crippen LogP contribution >= 0.6 is 11.6 Å². The van der Waals surface area contributed by atoms with E-state index in [1.165, 1.54) is 39.5 Å². The minimum atomic E-state index is -0.285. The van der Waals surface area contributed by atoms with Crippen LogP contribution in [0.15, 0.2) is 36.4 Å². The number of ether oxygens (including phenoxy) is 3. The van der Waals surface area contributed by atoms with E-state index in [2.05, 4.69) is 0 Å². The van der Waals surface area contributed by atoms with E-state index in [-0.39, 0.29) is 11.5 Å². The number of methoxy groups -OCH3 is 3. The Morgan fingerprint density at radius 3 is 2.25 bits per heavy atom. The summed E-state index contributed by atoms with van der Waals surface area (Å²) in [5.74, 6) is 0.864. The van der Waals surface area contributed by atoms with Crippen LogP contribution in [0.3, 0.4) is 0 Å². The molecule has 0 heterocycles. The van der Waals surface area contributed by atoms with E-state index in [0.717, 1.165) is 0 Å². The highest BCUT2D eigenvalue weighted by Gasteiger charge is 2.14. The highest BCUT2D eigenvalue weighted by molar-refractivity contribution is 6.32. The summed E-state index contributed by atoms with van der Waals surface area (Å²) in [6.45, 7) is 0. The monoisotopic (exact) mass is 348 g/mol. The Morgan fingerprint density at radius 1 is 1.00 bits per heavy atom. The van der Waals surface area contributed by atoms with Crippen LogP contribution in [0.4, 0.5) is 0 Å². The molecule has 0 radical (unpaired) electrons. The molecule has 2 aromatic rings. The first kappa shape index (κ1) is 17.7. The van der Waals surface area contributed by atoms with Gasteiger partial charge in [-0.1, -0.05) is 23.7 Å². The number of phenols is 1. The predicted molar refractivity (Wildman–Crippen MR) is 92.6 cm³/mol. The number of halogens is 1. The average molecular weight is 349 g/mol. The number of phenolic OH excluding ortho intramolecular Hbond substituents is 1. The third-order valence-corrected chi connectivity index (χ3v) is 3.66. The van der Waals surface area contributed by atoms with Gasteiger partial charge in [-0.05, 0) is 29.8 Å². The fourth-order valence-corrected chi connectivity index (χ4v) is 2.37. The third-order valence-electron chi connectivity index (χ3n) is 3.37. The van der Waals surface area contributed by atoms with Gasteiger partial charge in [0.1, 0.15) is 11.5 Å². The van der Waals surface area contributed by atoms with Crippen molar-refractivity contribution in [2.24, 2.45) is 0 Å². The molecule has 0 aliphatic heterocycles. The predicted octanol–water partition coefficient (Wildman–Crippen LogP) is 3.97. The fraction of sp³-hybridized carbons (Fsp3) is 0.167. The van der Waals surface area contributed by atoms with E-state index in [1.807, 2.05) is 0 Å². The largest absolute Gasteiger partial charge is 0.504 e. The van der Waals surface area contributed by atoms with Crippen molar-refractivity contribution in [1.29, 1.82) is 0 Å². The highest BCUT2D eigenvalue weighted by Crippen LogP contribution is 2.33. The summed E-state index contributed by atoms with van der Waals surface area (Å²) < 4.78 is 15.3. The summed E-state index contributed by atoms with van der Waals surface area (Å²) in [5, 5.41) is 10.1. The maximum Gasteiger partial charge on any atom is 0.189 e. The zero-order valence-corrected chi connectivity index (χ0v) is 14.3. The van der Waals surface area contributed by atoms with Crippen LogP contribution in [0.1, 0.15) is 15.9 Å². The maximum atomic E-state index is 12.4. The molecule has 0 saturated heterocycles. The molecule has 0 aromatic heterocycles. The summed E-state index contributed by atoms with van der Waals surface area (Å²) in [6, 6.07) is 7.89. The lowest BCUT2D eigenvalue weighted by Gasteiger charge is -2.10. The molecule has 24 heavy (non-hydrogen) atoms. The molecule has 0 fully saturated rings. The standard InChI is InChI=1S/C18H17ClO5/c1-22-16-7-5-11(8-15(16)21)4-6-14(20)12-9-13(19)18(24-3)10-17(12)23-2/h4-10,21H,1-3H3/b6-4+. The number of benzene rings is 2. The van der Waals surface area contributed by atoms with Crippen molar-refractivity contribution in [3.8, 4) is 23.0 Å². The minimum absolute atomic E-state index is 0.00262. The van der Waals surface area contributed by atoms with E-state index < -0.39 is 0 Å². The molecule has 0 aliphatic rings. The van der Waals surface area contributed by atoms with Crippen LogP contribution in [0.25, 0.3) is 6.08 Å². The molecule has 0 amide bonds. The number of hydrogen-bond donors (Lipinski definition) is 1. The van der Waals surface area contributed by atoms with Crippen molar-refractivity contribution in [2.75, 3.05) is 21.3 Å². The lowest BCUT2D eigenvalue weighted by molar-refractivity contribution is 0.104. The number of aromatic hydroxyl groups is 1. The maximum absolute atomic E-state index is 12.4. The topological polar surface area (TPSA) is 65.0 Å². The Morgan fingerprint density at radius 2 is 1.67 bits per heavy atom. The van der Waals surface area contributed by atoms with Crippen LogP contribution in [-0.2, 0) is 0 Å². The van der Waals surface area contributed by atoms with E-state index in [4.69, 9.17) is 25.8 Å². The zero-order chi connectivity index (χ0) is 17.7. The second kappa shape index (κ2) is 7.75. The van der Waals surface area contributed by atoms with Gasteiger partial charge >= 0.3 is 0 Å². The Bertz CT molecular complexity index is 783. The third kappa shape index (κ3) is 3.81. The number of hydrogen-bond acceptors (Lipinski definition) is 5. The summed E-state index contributed by atoms with van der Waals surface area (Å²) in [6.07, 6.45) is 2.96. The van der Waals surface area contributed by atoms with Gasteiger partial charge in [-0.15, -0.1) is 0 Å². The van der Waals surface area contributed by atoms with Crippen LogP contribution < -0.4 is 14.2 Å². The van der Waals surface area contributed by atoms with Gasteiger partial charge < -0.3 is 19.3 Å². The summed E-state index contributed by atoms with van der Waals surface area (Å²) in [7, 11) is 4.41. The number of ketones is 1. The van der Waals surface area contributed by atoms with Gasteiger partial charge in [-0.3, -0.25) is 4.79 Å². The van der Waals surface area contributed by atoms with Gasteiger partial charge in [0.25, 0.3) is 0 Å². The van der Waals surface area contributed by atoms with Crippen molar-refractivity contribution >= 4 is 23.5 Å². The van der Waals surface area contributed by atoms with Gasteiger partial charge in [0.15, 0.2) is 17.3 Å². The first-order chi connectivity index (χ1) is 11.5. The lowest BCUT2D eigenvalue weighted by Crippen LogP contribution is -2.00. The van der Waals surface area contributed by atoms with Crippen LogP contribution in [0.5, 0.6) is 23.0 Å². The van der Waals surface area contributed by atoms with Gasteiger partial charge in [-0.2, -0.15) is 0 Å². The first-order valence-electron chi connectivity index (χ1n) is 7.01. The van der Waals surface area contributed by atoms with E-state index in [9.17, 15) is 9.90 Å². The molecular weight excluding hydrogens is 332 g/mol. The normalized spacial score (nSPS) is 10.7. The smallest absolute Gasteiger partial charge is 0.189 e. The molecular formula is C18H17ClO5. The molecule has 0 saturated carbocycles. The lowest BCUT2D eigenvalue weighted by atomic mass is 10.1. The van der Waals surface area contributed by atoms with Crippen molar-refractivity contribution < 1.29 is 24.1 Å². The van der Waals surface area contributed by atoms with Gasteiger partial charge in [0.05, 0.1) is 31.9 Å². The van der Waals surface area contributed by atoms with Crippen LogP contribution in [0, 0.1) is 0 Å². The second-order valence-electron chi connectivity index (χ2n) is 4.82. The highest BCUT2D eigenvalue weighted by atomic mass is 35.5. The van der Waals surface area contributed by atoms with E-state index in [0.29, 0.717) is 33.4 Å². The van der Waals surface area contributed by atoms with Crippen molar-refractivity contribution in [3.63, 3.8) is 0 Å². The molecule has 0 unspecified atom stereocenters. The molecule has 0 spiro atoms. The van der Waals surface area contributed by atoms with Crippen molar-refractivity contribution in [2.45, 2.75) is 0 Å². The molecule has 0 bridgehead atoms. The Balaban J connectivity index is 2.29. The minimum Gasteiger partial charge on any atom is -0.504 e. The average Bonchev–Trinajstić information content (AvgIpc) is 2.59. The van der Waals surface area contributed by atoms with E-state index in [1.54, 1.807) is 24.3 Å². The fourth-order valence-electron chi connectivity index (χ4n) is 2.12. The van der Waals surface area contributed by atoms with Crippen LogP contribution in [-0.4, -0.2) is 32.2 Å². The summed E-state index contributed by atoms with van der Waals surface area (Å²) in [5.41, 5.74) is 0.970. The van der Waals surface area contributed by atoms with Gasteiger partial charge in [0.2, 0.25) is 0 Å². The Labute approximate surface area is 145 Å². The molecule has 6 heteroatoms. The second-order valence-corrected chi connectivity index (χ2v) is 5.22. The number of carbonyl (C=O) groups excluding carboxylic acids is 1. The molecule has 0 aliphatic carbocycles. The molecule has 1 N–H and O–H groups in total. The van der Waals surface area contributed by atoms with Crippen molar-refractivity contribution in [3.05, 3.63) is 52.6 Å². The Kier molecular flexibility index (Phi) is 5.71. The van der Waals surface area contributed by atoms with Gasteiger partial charge in [-0.25, -0.2) is 0 Å². The number of allylic oxidation sites excluding steroid dienone is 1. The van der Waals surface area contributed by atoms with Gasteiger partial charge in [0, 0.05) is 6.07 Å². The molecule has 2 aromatic carbocycles. The van der Waals surface area contributed by atoms with E-state index >= 15 is 0 Å². The number of carbonyl (C=O) groups is 1. The molecule has 5 nitrogen and oxygen atoms in total. The first-order valence-corrected chi connectivity index (χ1v) is 7.39. The van der Waals surface area contributed by atoms with Crippen LogP contribution in [0.2, 0.25) is 5.02 Å². The zero-order valence-electron chi connectivity index (χ0n) is 13.5. The molecule has 2 rings (SSSR count). The Hall–Kier alpha value is -2.66. The summed E-state index contributed by atoms with van der Waals surface area (Å²) >= 11 is 6.07. The molecule has 126 valence electrons. The summed E-state index contributed by atoms with van der Waals surface area (Å²) in [4.78, 5) is 12.4. The SMILES string of the molecule is COc1ccc(/C=C/C(=O)c2cc(Cl)c(OC)cc2OC)cc1O. The quantitative estimate of drug-likeness (QED) is 0.632. The molecule has 0 atom stereocenters. The van der Waals surface area contributed by atoms with Crippen molar-refractivity contribution in [1.82, 2.24) is 0 Å².